The highest BCUT2D eigenvalue weighted by Crippen LogP contribution is 2.65. The lowest BCUT2D eigenvalue weighted by molar-refractivity contribution is 0.0758. The van der Waals surface area contributed by atoms with E-state index in [1.54, 1.807) is 0 Å². The lowest BCUT2D eigenvalue weighted by Gasteiger charge is -2.42. The van der Waals surface area contributed by atoms with Crippen molar-refractivity contribution in [2.24, 2.45) is 22.7 Å². The van der Waals surface area contributed by atoms with Gasteiger partial charge in [0.25, 0.3) is 0 Å². The summed E-state index contributed by atoms with van der Waals surface area (Å²) in [5.41, 5.74) is 1.23. The fourth-order valence-corrected chi connectivity index (χ4v) is 4.12. The van der Waals surface area contributed by atoms with Gasteiger partial charge < -0.3 is 5.32 Å². The molecule has 0 aromatic rings. The van der Waals surface area contributed by atoms with Gasteiger partial charge in [0.1, 0.15) is 0 Å². The molecule has 3 unspecified atom stereocenters. The second kappa shape index (κ2) is 2.73. The Bertz CT molecular complexity index is 204. The summed E-state index contributed by atoms with van der Waals surface area (Å²) in [4.78, 5) is 0. The molecule has 0 spiro atoms. The van der Waals surface area contributed by atoms with Gasteiger partial charge in [0.2, 0.25) is 0 Å². The van der Waals surface area contributed by atoms with Gasteiger partial charge in [-0.05, 0) is 55.5 Å². The summed E-state index contributed by atoms with van der Waals surface area (Å²) in [6, 6.07) is 0. The van der Waals surface area contributed by atoms with Gasteiger partial charge in [-0.25, -0.2) is 0 Å². The first kappa shape index (κ1) is 9.51. The van der Waals surface area contributed by atoms with Gasteiger partial charge in [0.15, 0.2) is 0 Å². The third-order valence-corrected chi connectivity index (χ3v) is 4.98. The highest BCUT2D eigenvalue weighted by atomic mass is 14.8. The van der Waals surface area contributed by atoms with Crippen molar-refractivity contribution >= 4 is 0 Å². The zero-order valence-corrected chi connectivity index (χ0v) is 9.48. The molecule has 1 heteroatoms. The van der Waals surface area contributed by atoms with Crippen molar-refractivity contribution in [2.75, 3.05) is 13.6 Å². The molecule has 0 radical (unpaired) electrons. The molecule has 0 amide bonds. The Balaban J connectivity index is 2.23. The van der Waals surface area contributed by atoms with Gasteiger partial charge in [-0.3, -0.25) is 0 Å². The van der Waals surface area contributed by atoms with Crippen molar-refractivity contribution in [3.05, 3.63) is 0 Å². The quantitative estimate of drug-likeness (QED) is 0.690. The van der Waals surface area contributed by atoms with Gasteiger partial charge in [-0.2, -0.15) is 0 Å². The summed E-state index contributed by atoms with van der Waals surface area (Å²) in [5, 5.41) is 3.38. The number of hydrogen-bond donors (Lipinski definition) is 1. The van der Waals surface area contributed by atoms with Gasteiger partial charge in [-0.15, -0.1) is 0 Å². The van der Waals surface area contributed by atoms with Gasteiger partial charge in [0.05, 0.1) is 0 Å². The standard InChI is InChI=1S/C12H23N/c1-11(2)9-5-6-12(3,7-9)10(11)8-13-4/h9-10,13H,5-8H2,1-4H3. The third-order valence-electron chi connectivity index (χ3n) is 4.98. The Hall–Kier alpha value is -0.0400. The van der Waals surface area contributed by atoms with E-state index in [1.807, 2.05) is 0 Å². The van der Waals surface area contributed by atoms with Crippen LogP contribution in [0.4, 0.5) is 0 Å². The maximum absolute atomic E-state index is 3.38. The van der Waals surface area contributed by atoms with Gasteiger partial charge >= 0.3 is 0 Å². The molecule has 2 aliphatic carbocycles. The predicted octanol–water partition coefficient (Wildman–Crippen LogP) is 2.67. The Morgan fingerprint density at radius 1 is 1.31 bits per heavy atom. The Kier molecular flexibility index (Phi) is 1.99. The molecule has 2 saturated carbocycles. The van der Waals surface area contributed by atoms with E-state index in [4.69, 9.17) is 0 Å². The molecule has 1 nitrogen and oxygen atoms in total. The minimum Gasteiger partial charge on any atom is -0.319 e. The van der Waals surface area contributed by atoms with Crippen molar-refractivity contribution in [2.45, 2.75) is 40.0 Å². The van der Waals surface area contributed by atoms with Crippen molar-refractivity contribution in [1.82, 2.24) is 5.32 Å². The molecule has 2 fully saturated rings. The van der Waals surface area contributed by atoms with Crippen LogP contribution in [0.5, 0.6) is 0 Å². The zero-order chi connectivity index (χ0) is 9.69. The summed E-state index contributed by atoms with van der Waals surface area (Å²) >= 11 is 0. The largest absolute Gasteiger partial charge is 0.319 e. The molecule has 3 atom stereocenters. The van der Waals surface area contributed by atoms with Crippen LogP contribution in [0.15, 0.2) is 0 Å². The summed E-state index contributed by atoms with van der Waals surface area (Å²) in [6.07, 6.45) is 4.42. The Labute approximate surface area is 82.3 Å². The summed E-state index contributed by atoms with van der Waals surface area (Å²) < 4.78 is 0. The predicted molar refractivity (Wildman–Crippen MR) is 56.6 cm³/mol. The fraction of sp³-hybridized carbons (Fsp3) is 1.00. The monoisotopic (exact) mass is 181 g/mol. The maximum atomic E-state index is 3.38. The summed E-state index contributed by atoms with van der Waals surface area (Å²) in [7, 11) is 2.09. The van der Waals surface area contributed by atoms with E-state index in [1.165, 1.54) is 25.8 Å². The minimum absolute atomic E-state index is 0.579. The van der Waals surface area contributed by atoms with E-state index < -0.39 is 0 Å². The van der Waals surface area contributed by atoms with E-state index in [-0.39, 0.29) is 0 Å². The molecule has 0 aliphatic heterocycles. The molecular weight excluding hydrogens is 158 g/mol. The van der Waals surface area contributed by atoms with Crippen molar-refractivity contribution in [3.63, 3.8) is 0 Å². The van der Waals surface area contributed by atoms with Crippen molar-refractivity contribution in [1.29, 1.82) is 0 Å². The van der Waals surface area contributed by atoms with Crippen LogP contribution in [0.1, 0.15) is 40.0 Å². The van der Waals surface area contributed by atoms with Crippen LogP contribution in [-0.2, 0) is 0 Å². The summed E-state index contributed by atoms with van der Waals surface area (Å²) in [5.74, 6) is 1.89. The van der Waals surface area contributed by atoms with Crippen LogP contribution in [0.3, 0.4) is 0 Å². The molecular formula is C12H23N. The normalized spacial score (nSPS) is 47.1. The lowest BCUT2D eigenvalue weighted by atomic mass is 9.64. The second-order valence-electron chi connectivity index (χ2n) is 6.03. The first-order valence-electron chi connectivity index (χ1n) is 5.65. The molecule has 0 saturated heterocycles. The average molecular weight is 181 g/mol. The molecule has 1 N–H and O–H groups in total. The number of nitrogens with one attached hydrogen (secondary N) is 1. The lowest BCUT2D eigenvalue weighted by Crippen LogP contribution is -2.40. The molecule has 76 valence electrons. The fourth-order valence-electron chi connectivity index (χ4n) is 4.12. The average Bonchev–Trinajstić information content (AvgIpc) is 2.50. The maximum Gasteiger partial charge on any atom is -0.00131 e. The smallest absolute Gasteiger partial charge is 0.00131 e. The first-order valence-corrected chi connectivity index (χ1v) is 5.65. The van der Waals surface area contributed by atoms with E-state index in [0.717, 1.165) is 11.8 Å². The van der Waals surface area contributed by atoms with E-state index in [0.29, 0.717) is 10.8 Å². The molecule has 0 heterocycles. The minimum atomic E-state index is 0.579. The van der Waals surface area contributed by atoms with Crippen LogP contribution in [0, 0.1) is 22.7 Å². The highest BCUT2D eigenvalue weighted by molar-refractivity contribution is 5.08. The van der Waals surface area contributed by atoms with E-state index >= 15 is 0 Å². The number of rotatable bonds is 2. The SMILES string of the molecule is CNCC1C2(C)CCC(C2)C1(C)C. The van der Waals surface area contributed by atoms with Crippen LogP contribution in [0.2, 0.25) is 0 Å². The molecule has 13 heavy (non-hydrogen) atoms. The van der Waals surface area contributed by atoms with Crippen LogP contribution in [-0.4, -0.2) is 13.6 Å². The molecule has 2 rings (SSSR count). The van der Waals surface area contributed by atoms with Crippen LogP contribution >= 0.6 is 0 Å². The van der Waals surface area contributed by atoms with Gasteiger partial charge in [-0.1, -0.05) is 20.8 Å². The third kappa shape index (κ3) is 1.16. The highest BCUT2D eigenvalue weighted by Gasteiger charge is 2.58. The molecule has 0 aromatic heterocycles. The topological polar surface area (TPSA) is 12.0 Å². The Morgan fingerprint density at radius 3 is 2.46 bits per heavy atom. The number of hydrogen-bond acceptors (Lipinski definition) is 1. The second-order valence-corrected chi connectivity index (χ2v) is 6.03. The van der Waals surface area contributed by atoms with Crippen LogP contribution in [0.25, 0.3) is 0 Å². The van der Waals surface area contributed by atoms with Crippen LogP contribution < -0.4 is 5.32 Å². The first-order chi connectivity index (χ1) is 6.00. The molecule has 2 aliphatic rings. The Morgan fingerprint density at radius 2 is 2.00 bits per heavy atom. The molecule has 0 aromatic carbocycles. The zero-order valence-electron chi connectivity index (χ0n) is 9.48. The van der Waals surface area contributed by atoms with Crippen molar-refractivity contribution in [3.8, 4) is 0 Å². The number of fused-ring (bicyclic) bond motifs is 2. The van der Waals surface area contributed by atoms with E-state index in [9.17, 15) is 0 Å². The summed E-state index contributed by atoms with van der Waals surface area (Å²) in [6.45, 7) is 8.66. The van der Waals surface area contributed by atoms with Crippen molar-refractivity contribution < 1.29 is 0 Å². The molecule has 2 bridgehead atoms. The van der Waals surface area contributed by atoms with Gasteiger partial charge in [0, 0.05) is 0 Å². The van der Waals surface area contributed by atoms with E-state index in [2.05, 4.69) is 33.1 Å².